The lowest BCUT2D eigenvalue weighted by Gasteiger charge is -2.23. The van der Waals surface area contributed by atoms with Gasteiger partial charge in [-0.1, -0.05) is 12.8 Å². The van der Waals surface area contributed by atoms with Crippen molar-refractivity contribution < 1.29 is 4.79 Å². The largest absolute Gasteiger partial charge is 0.349 e. The van der Waals surface area contributed by atoms with Gasteiger partial charge in [0.1, 0.15) is 10.7 Å². The van der Waals surface area contributed by atoms with Gasteiger partial charge in [-0.2, -0.15) is 0 Å². The van der Waals surface area contributed by atoms with Gasteiger partial charge < -0.3 is 16.0 Å². The van der Waals surface area contributed by atoms with Gasteiger partial charge in [-0.05, 0) is 19.9 Å². The highest BCUT2D eigenvalue weighted by Crippen LogP contribution is 2.21. The maximum absolute atomic E-state index is 11.9. The Hall–Kier alpha value is -0.980. The zero-order valence-corrected chi connectivity index (χ0v) is 12.2. The molecule has 106 valence electrons. The van der Waals surface area contributed by atoms with E-state index in [0.29, 0.717) is 24.8 Å². The summed E-state index contributed by atoms with van der Waals surface area (Å²) >= 11 is 1.43. The van der Waals surface area contributed by atoms with Crippen molar-refractivity contribution in [3.8, 4) is 0 Å². The van der Waals surface area contributed by atoms with Crippen molar-refractivity contribution in [1.29, 1.82) is 0 Å². The highest BCUT2D eigenvalue weighted by Gasteiger charge is 2.19. The topological polar surface area (TPSA) is 71.2 Å². The molecule has 1 fully saturated rings. The second kappa shape index (κ2) is 6.98. The fraction of sp³-hybridized carbons (Fsp3) is 0.692. The van der Waals surface area contributed by atoms with Crippen molar-refractivity contribution in [2.45, 2.75) is 38.3 Å². The minimum absolute atomic E-state index is 0.101. The molecule has 0 bridgehead atoms. The maximum Gasteiger partial charge on any atom is 0.270 e. The van der Waals surface area contributed by atoms with E-state index in [4.69, 9.17) is 5.73 Å². The Labute approximate surface area is 118 Å². The van der Waals surface area contributed by atoms with Crippen molar-refractivity contribution in [2.75, 3.05) is 20.1 Å². The second-order valence-corrected chi connectivity index (χ2v) is 5.95. The van der Waals surface area contributed by atoms with Crippen LogP contribution in [0.1, 0.15) is 41.2 Å². The molecule has 6 heteroatoms. The van der Waals surface area contributed by atoms with Gasteiger partial charge in [0.2, 0.25) is 0 Å². The lowest BCUT2D eigenvalue weighted by molar-refractivity contribution is 0.0942. The average Bonchev–Trinajstić information content (AvgIpc) is 3.09. The average molecular weight is 282 g/mol. The molecule has 0 aromatic carbocycles. The SMILES string of the molecule is CN(CCNC(=O)c1csc(CN)n1)C1CCCC1. The molecular formula is C13H22N4OS. The smallest absolute Gasteiger partial charge is 0.270 e. The summed E-state index contributed by atoms with van der Waals surface area (Å²) < 4.78 is 0. The minimum Gasteiger partial charge on any atom is -0.349 e. The van der Waals surface area contributed by atoms with Crippen molar-refractivity contribution in [3.63, 3.8) is 0 Å². The molecule has 1 aliphatic carbocycles. The van der Waals surface area contributed by atoms with E-state index in [0.717, 1.165) is 11.6 Å². The highest BCUT2D eigenvalue weighted by atomic mass is 32.1. The van der Waals surface area contributed by atoms with Crippen LogP contribution >= 0.6 is 11.3 Å². The van der Waals surface area contributed by atoms with Gasteiger partial charge in [0, 0.05) is 31.1 Å². The third-order valence-electron chi connectivity index (χ3n) is 3.66. The molecular weight excluding hydrogens is 260 g/mol. The number of nitrogens with zero attached hydrogens (tertiary/aromatic N) is 2. The molecule has 0 radical (unpaired) electrons. The van der Waals surface area contributed by atoms with Crippen LogP contribution in [0.25, 0.3) is 0 Å². The van der Waals surface area contributed by atoms with Crippen LogP contribution < -0.4 is 11.1 Å². The number of thiazole rings is 1. The van der Waals surface area contributed by atoms with Crippen LogP contribution in [-0.4, -0.2) is 42.0 Å². The first-order valence-corrected chi connectivity index (χ1v) is 7.71. The van der Waals surface area contributed by atoms with E-state index in [2.05, 4.69) is 22.2 Å². The quantitative estimate of drug-likeness (QED) is 0.822. The molecule has 0 unspecified atom stereocenters. The number of carbonyl (C=O) groups excluding carboxylic acids is 1. The first-order chi connectivity index (χ1) is 9.20. The number of hydrogen-bond donors (Lipinski definition) is 2. The Bertz CT molecular complexity index is 415. The van der Waals surface area contributed by atoms with E-state index >= 15 is 0 Å². The van der Waals surface area contributed by atoms with E-state index in [1.165, 1.54) is 37.0 Å². The Morgan fingerprint density at radius 2 is 2.32 bits per heavy atom. The second-order valence-electron chi connectivity index (χ2n) is 5.01. The number of likely N-dealkylation sites (N-methyl/N-ethyl adjacent to an activating group) is 1. The first kappa shape index (κ1) is 14.4. The summed E-state index contributed by atoms with van der Waals surface area (Å²) in [6, 6.07) is 0.694. The van der Waals surface area contributed by atoms with E-state index in [1.54, 1.807) is 5.38 Å². The number of amides is 1. The highest BCUT2D eigenvalue weighted by molar-refractivity contribution is 7.09. The minimum atomic E-state index is -0.101. The molecule has 0 aliphatic heterocycles. The molecule has 0 saturated heterocycles. The number of nitrogens with two attached hydrogens (primary N) is 1. The zero-order valence-electron chi connectivity index (χ0n) is 11.4. The van der Waals surface area contributed by atoms with Crippen molar-refractivity contribution in [2.24, 2.45) is 5.73 Å². The summed E-state index contributed by atoms with van der Waals surface area (Å²) in [5.74, 6) is -0.101. The predicted molar refractivity (Wildman–Crippen MR) is 77.2 cm³/mol. The number of rotatable bonds is 6. The summed E-state index contributed by atoms with van der Waals surface area (Å²) in [5, 5.41) is 5.47. The number of aromatic nitrogens is 1. The summed E-state index contributed by atoms with van der Waals surface area (Å²) in [5.41, 5.74) is 5.96. The number of hydrogen-bond acceptors (Lipinski definition) is 5. The number of nitrogens with one attached hydrogen (secondary N) is 1. The Morgan fingerprint density at radius 3 is 2.95 bits per heavy atom. The molecule has 1 amide bonds. The van der Waals surface area contributed by atoms with Crippen molar-refractivity contribution in [3.05, 3.63) is 16.1 Å². The Kier molecular flexibility index (Phi) is 5.30. The molecule has 1 aliphatic rings. The van der Waals surface area contributed by atoms with Crippen LogP contribution in [-0.2, 0) is 6.54 Å². The van der Waals surface area contributed by atoms with E-state index < -0.39 is 0 Å². The monoisotopic (exact) mass is 282 g/mol. The van der Waals surface area contributed by atoms with Crippen molar-refractivity contribution in [1.82, 2.24) is 15.2 Å². The molecule has 0 atom stereocenters. The van der Waals surface area contributed by atoms with Gasteiger partial charge in [0.25, 0.3) is 5.91 Å². The Balaban J connectivity index is 1.71. The predicted octanol–water partition coefficient (Wildman–Crippen LogP) is 1.21. The molecule has 1 aromatic heterocycles. The van der Waals surface area contributed by atoms with Crippen LogP contribution in [0.3, 0.4) is 0 Å². The van der Waals surface area contributed by atoms with Crippen LogP contribution in [0.5, 0.6) is 0 Å². The van der Waals surface area contributed by atoms with Gasteiger partial charge in [-0.3, -0.25) is 4.79 Å². The summed E-state index contributed by atoms with van der Waals surface area (Å²) in [7, 11) is 2.14. The van der Waals surface area contributed by atoms with Gasteiger partial charge in [-0.15, -0.1) is 11.3 Å². The van der Waals surface area contributed by atoms with Gasteiger partial charge in [-0.25, -0.2) is 4.98 Å². The lowest BCUT2D eigenvalue weighted by atomic mass is 10.2. The van der Waals surface area contributed by atoms with E-state index in [9.17, 15) is 4.79 Å². The molecule has 19 heavy (non-hydrogen) atoms. The zero-order chi connectivity index (χ0) is 13.7. The third kappa shape index (κ3) is 3.99. The molecule has 3 N–H and O–H groups in total. The lowest BCUT2D eigenvalue weighted by Crippen LogP contribution is -2.37. The fourth-order valence-electron chi connectivity index (χ4n) is 2.47. The van der Waals surface area contributed by atoms with Gasteiger partial charge in [0.05, 0.1) is 0 Å². The molecule has 2 rings (SSSR count). The van der Waals surface area contributed by atoms with Crippen LogP contribution in [0.2, 0.25) is 0 Å². The molecule has 5 nitrogen and oxygen atoms in total. The van der Waals surface area contributed by atoms with Crippen LogP contribution in [0.15, 0.2) is 5.38 Å². The maximum atomic E-state index is 11.9. The normalized spacial score (nSPS) is 16.2. The molecule has 1 saturated carbocycles. The van der Waals surface area contributed by atoms with Crippen molar-refractivity contribution >= 4 is 17.2 Å². The van der Waals surface area contributed by atoms with Gasteiger partial charge >= 0.3 is 0 Å². The number of carbonyl (C=O) groups is 1. The fourth-order valence-corrected chi connectivity index (χ4v) is 3.13. The molecule has 1 heterocycles. The van der Waals surface area contributed by atoms with Gasteiger partial charge in [0.15, 0.2) is 0 Å². The van der Waals surface area contributed by atoms with E-state index in [1.807, 2.05) is 0 Å². The third-order valence-corrected chi connectivity index (χ3v) is 4.53. The summed E-state index contributed by atoms with van der Waals surface area (Å²) in [4.78, 5) is 18.4. The standard InChI is InChI=1S/C13H22N4OS/c1-17(10-4-2-3-5-10)7-6-15-13(18)11-9-19-12(8-14)16-11/h9-10H,2-8,14H2,1H3,(H,15,18). The van der Waals surface area contributed by atoms with E-state index in [-0.39, 0.29) is 5.91 Å². The van der Waals surface area contributed by atoms with Crippen LogP contribution in [0.4, 0.5) is 0 Å². The first-order valence-electron chi connectivity index (χ1n) is 6.83. The Morgan fingerprint density at radius 1 is 1.58 bits per heavy atom. The molecule has 1 aromatic rings. The van der Waals surface area contributed by atoms with Crippen LogP contribution in [0, 0.1) is 0 Å². The summed E-state index contributed by atoms with van der Waals surface area (Å²) in [6.45, 7) is 1.95. The summed E-state index contributed by atoms with van der Waals surface area (Å²) in [6.07, 6.45) is 5.25. The molecule has 0 spiro atoms.